The van der Waals surface area contributed by atoms with E-state index in [2.05, 4.69) is 45.2 Å². The highest BCUT2D eigenvalue weighted by molar-refractivity contribution is 14.1. The molecule has 0 aliphatic heterocycles. The van der Waals surface area contributed by atoms with E-state index in [4.69, 9.17) is 5.73 Å². The van der Waals surface area contributed by atoms with E-state index in [9.17, 15) is 5.11 Å². The van der Waals surface area contributed by atoms with E-state index in [1.807, 2.05) is 12.1 Å². The molecule has 1 aliphatic carbocycles. The van der Waals surface area contributed by atoms with Gasteiger partial charge in [0.05, 0.1) is 3.57 Å². The molecule has 1 aromatic rings. The first-order chi connectivity index (χ1) is 6.59. The molecule has 1 aromatic carbocycles. The van der Waals surface area contributed by atoms with Crippen LogP contribution in [0.25, 0.3) is 0 Å². The summed E-state index contributed by atoms with van der Waals surface area (Å²) < 4.78 is 2.02. The number of phenolic OH excluding ortho intramolecular Hbond substituents is 1. The number of halogens is 3. The van der Waals surface area contributed by atoms with Gasteiger partial charge in [-0.05, 0) is 76.1 Å². The number of phenols is 1. The Kier molecular flexibility index (Phi) is 4.94. The second-order valence-electron chi connectivity index (χ2n) is 3.69. The third-order valence-electron chi connectivity index (χ3n) is 2.55. The fraction of sp³-hybridized carbons (Fsp3) is 0.400. The van der Waals surface area contributed by atoms with Gasteiger partial charge in [0.25, 0.3) is 0 Å². The van der Waals surface area contributed by atoms with Crippen LogP contribution in [0.2, 0.25) is 0 Å². The van der Waals surface area contributed by atoms with Crippen LogP contribution in [0, 0.1) is 13.1 Å². The van der Waals surface area contributed by atoms with Crippen LogP contribution < -0.4 is 5.73 Å². The summed E-state index contributed by atoms with van der Waals surface area (Å²) in [5, 5.41) is 9.88. The maximum absolute atomic E-state index is 9.88. The highest BCUT2D eigenvalue weighted by Gasteiger charge is 2.31. The second-order valence-corrected chi connectivity index (χ2v) is 6.10. The second kappa shape index (κ2) is 5.37. The van der Waals surface area contributed by atoms with Gasteiger partial charge in [-0.2, -0.15) is 0 Å². The van der Waals surface area contributed by atoms with E-state index >= 15 is 0 Å². The van der Waals surface area contributed by atoms with Gasteiger partial charge >= 0.3 is 0 Å². The summed E-state index contributed by atoms with van der Waals surface area (Å²) in [6.07, 6.45) is 2.39. The summed E-state index contributed by atoms with van der Waals surface area (Å²) in [7, 11) is 0. The summed E-state index contributed by atoms with van der Waals surface area (Å²) in [6, 6.07) is 3.96. The molecule has 0 amide bonds. The molecule has 0 saturated heterocycles. The van der Waals surface area contributed by atoms with Crippen molar-refractivity contribution >= 4 is 57.6 Å². The van der Waals surface area contributed by atoms with Gasteiger partial charge in [0, 0.05) is 15.2 Å². The van der Waals surface area contributed by atoms with Gasteiger partial charge in [-0.15, -0.1) is 12.4 Å². The van der Waals surface area contributed by atoms with E-state index in [0.29, 0.717) is 11.7 Å². The number of rotatable bonds is 2. The quantitative estimate of drug-likeness (QED) is 0.677. The standard InChI is InChI=1S/C10H11I2NO.ClH/c11-6-3-7(9(13)5-1-2-5)10(14)8(12)4-6;/h3-5,9,14H,1-2,13H2;1H/t9-;/m1./s1. The molecule has 1 fully saturated rings. The van der Waals surface area contributed by atoms with Crippen molar-refractivity contribution in [2.24, 2.45) is 11.7 Å². The van der Waals surface area contributed by atoms with Gasteiger partial charge in [0.2, 0.25) is 0 Å². The molecule has 15 heavy (non-hydrogen) atoms. The van der Waals surface area contributed by atoms with Crippen LogP contribution in [0.15, 0.2) is 12.1 Å². The molecule has 1 saturated carbocycles. The topological polar surface area (TPSA) is 46.2 Å². The predicted octanol–water partition coefficient (Wildman–Crippen LogP) is 3.43. The number of hydrogen-bond acceptors (Lipinski definition) is 2. The van der Waals surface area contributed by atoms with Crippen molar-refractivity contribution < 1.29 is 5.11 Å². The zero-order valence-electron chi connectivity index (χ0n) is 7.91. The van der Waals surface area contributed by atoms with Crippen molar-refractivity contribution in [3.63, 3.8) is 0 Å². The minimum atomic E-state index is 0. The molecular weight excluding hydrogens is 439 g/mol. The number of hydrogen-bond donors (Lipinski definition) is 2. The van der Waals surface area contributed by atoms with Gasteiger partial charge < -0.3 is 10.8 Å². The predicted molar refractivity (Wildman–Crippen MR) is 80.4 cm³/mol. The van der Waals surface area contributed by atoms with Crippen molar-refractivity contribution in [1.29, 1.82) is 0 Å². The van der Waals surface area contributed by atoms with Crippen LogP contribution >= 0.6 is 57.6 Å². The largest absolute Gasteiger partial charge is 0.506 e. The highest BCUT2D eigenvalue weighted by atomic mass is 127. The molecule has 2 rings (SSSR count). The molecule has 1 atom stereocenters. The monoisotopic (exact) mass is 451 g/mol. The van der Waals surface area contributed by atoms with Gasteiger partial charge in [-0.25, -0.2) is 0 Å². The number of nitrogens with two attached hydrogens (primary N) is 1. The Morgan fingerprint density at radius 2 is 1.93 bits per heavy atom. The molecule has 2 nitrogen and oxygen atoms in total. The van der Waals surface area contributed by atoms with E-state index < -0.39 is 0 Å². The highest BCUT2D eigenvalue weighted by Crippen LogP contribution is 2.43. The van der Waals surface area contributed by atoms with Crippen molar-refractivity contribution in [2.75, 3.05) is 0 Å². The third kappa shape index (κ3) is 3.10. The number of aromatic hydroxyl groups is 1. The van der Waals surface area contributed by atoms with Gasteiger partial charge in [0.1, 0.15) is 5.75 Å². The molecular formula is C10H12ClI2NO. The third-order valence-corrected chi connectivity index (χ3v) is 3.99. The fourth-order valence-electron chi connectivity index (χ4n) is 1.55. The van der Waals surface area contributed by atoms with Crippen LogP contribution in [0.1, 0.15) is 24.4 Å². The lowest BCUT2D eigenvalue weighted by atomic mass is 10.0. The molecule has 0 heterocycles. The molecule has 0 unspecified atom stereocenters. The Morgan fingerprint density at radius 1 is 1.33 bits per heavy atom. The zero-order valence-corrected chi connectivity index (χ0v) is 13.0. The van der Waals surface area contributed by atoms with Crippen LogP contribution in [-0.2, 0) is 0 Å². The lowest BCUT2D eigenvalue weighted by Gasteiger charge is -2.14. The molecule has 5 heteroatoms. The van der Waals surface area contributed by atoms with E-state index in [1.54, 1.807) is 0 Å². The van der Waals surface area contributed by atoms with Gasteiger partial charge in [-0.3, -0.25) is 0 Å². The summed E-state index contributed by atoms with van der Waals surface area (Å²) in [6.45, 7) is 0. The van der Waals surface area contributed by atoms with E-state index in [1.165, 1.54) is 12.8 Å². The maximum Gasteiger partial charge on any atom is 0.133 e. The van der Waals surface area contributed by atoms with Crippen LogP contribution in [0.5, 0.6) is 5.75 Å². The number of benzene rings is 1. The van der Waals surface area contributed by atoms with Crippen LogP contribution in [0.4, 0.5) is 0 Å². The van der Waals surface area contributed by atoms with Crippen molar-refractivity contribution in [2.45, 2.75) is 18.9 Å². The average Bonchev–Trinajstić information content (AvgIpc) is 2.93. The average molecular weight is 451 g/mol. The van der Waals surface area contributed by atoms with E-state index in [0.717, 1.165) is 12.7 Å². The molecule has 84 valence electrons. The Morgan fingerprint density at radius 3 is 2.47 bits per heavy atom. The van der Waals surface area contributed by atoms with Crippen LogP contribution in [0.3, 0.4) is 0 Å². The Hall–Kier alpha value is 0.730. The molecule has 0 bridgehead atoms. The summed E-state index contributed by atoms with van der Waals surface area (Å²) in [5.41, 5.74) is 6.98. The van der Waals surface area contributed by atoms with Gasteiger partial charge in [0.15, 0.2) is 0 Å². The fourth-order valence-corrected chi connectivity index (χ4v) is 3.44. The summed E-state index contributed by atoms with van der Waals surface area (Å²) in [5.74, 6) is 0.945. The van der Waals surface area contributed by atoms with Crippen molar-refractivity contribution in [1.82, 2.24) is 0 Å². The lowest BCUT2D eigenvalue weighted by Crippen LogP contribution is -2.13. The Bertz CT molecular complexity index is 369. The van der Waals surface area contributed by atoms with Crippen molar-refractivity contribution in [3.8, 4) is 5.75 Å². The maximum atomic E-state index is 9.88. The first-order valence-corrected chi connectivity index (χ1v) is 6.69. The minimum Gasteiger partial charge on any atom is -0.506 e. The summed E-state index contributed by atoms with van der Waals surface area (Å²) >= 11 is 4.40. The first-order valence-electron chi connectivity index (χ1n) is 4.53. The smallest absolute Gasteiger partial charge is 0.133 e. The van der Waals surface area contributed by atoms with E-state index in [-0.39, 0.29) is 18.4 Å². The molecule has 3 N–H and O–H groups in total. The molecule has 1 aliphatic rings. The minimum absolute atomic E-state index is 0. The molecule has 0 spiro atoms. The van der Waals surface area contributed by atoms with Crippen LogP contribution in [-0.4, -0.2) is 5.11 Å². The first kappa shape index (κ1) is 13.8. The SMILES string of the molecule is Cl.N[C@@H](c1cc(I)cc(I)c1O)C1CC1. The lowest BCUT2D eigenvalue weighted by molar-refractivity contribution is 0.452. The van der Waals surface area contributed by atoms with Crippen molar-refractivity contribution in [3.05, 3.63) is 24.8 Å². The molecule has 0 radical (unpaired) electrons. The Labute approximate surface area is 123 Å². The zero-order chi connectivity index (χ0) is 10.3. The van der Waals surface area contributed by atoms with Gasteiger partial charge in [-0.1, -0.05) is 0 Å². The molecule has 0 aromatic heterocycles. The Balaban J connectivity index is 0.00000112. The summed E-state index contributed by atoms with van der Waals surface area (Å²) in [4.78, 5) is 0. The normalized spacial score (nSPS) is 17.0.